The van der Waals surface area contributed by atoms with Crippen LogP contribution in [0.4, 0.5) is 0 Å². The number of rotatable bonds is 6. The van der Waals surface area contributed by atoms with E-state index in [1.54, 1.807) is 0 Å². The van der Waals surface area contributed by atoms with Crippen LogP contribution in [0, 0.1) is 0 Å². The van der Waals surface area contributed by atoms with Gasteiger partial charge in [-0.2, -0.15) is 0 Å². The third-order valence-corrected chi connectivity index (χ3v) is 3.99. The summed E-state index contributed by atoms with van der Waals surface area (Å²) in [6, 6.07) is 18.4. The molecule has 0 unspecified atom stereocenters. The molecule has 5 heteroatoms. The van der Waals surface area contributed by atoms with Crippen LogP contribution in [0.5, 0.6) is 5.75 Å². The fraction of sp³-hybridized carbons (Fsp3) is 0.263. The maximum Gasteiger partial charge on any atom is 0.243 e. The predicted molar refractivity (Wildman–Crippen MR) is 90.4 cm³/mol. The van der Waals surface area contributed by atoms with E-state index in [-0.39, 0.29) is 17.9 Å². The van der Waals surface area contributed by atoms with Crippen molar-refractivity contribution in [1.82, 2.24) is 10.6 Å². The highest BCUT2D eigenvalue weighted by Crippen LogP contribution is 2.17. The minimum atomic E-state index is -0.458. The molecule has 3 rings (SSSR count). The summed E-state index contributed by atoms with van der Waals surface area (Å²) in [5, 5.41) is 5.68. The van der Waals surface area contributed by atoms with Crippen molar-refractivity contribution in [1.29, 1.82) is 0 Å². The third-order valence-electron chi connectivity index (χ3n) is 3.99. The van der Waals surface area contributed by atoms with Gasteiger partial charge in [0.25, 0.3) is 0 Å². The first-order valence-corrected chi connectivity index (χ1v) is 8.05. The summed E-state index contributed by atoms with van der Waals surface area (Å²) in [5.74, 6) is 0.500. The highest BCUT2D eigenvalue weighted by Gasteiger charge is 2.29. The maximum absolute atomic E-state index is 12.4. The van der Waals surface area contributed by atoms with Crippen molar-refractivity contribution in [2.45, 2.75) is 24.9 Å². The zero-order chi connectivity index (χ0) is 16.8. The van der Waals surface area contributed by atoms with E-state index in [2.05, 4.69) is 10.6 Å². The van der Waals surface area contributed by atoms with Crippen LogP contribution in [-0.2, 0) is 9.59 Å². The van der Waals surface area contributed by atoms with Crippen LogP contribution in [0.1, 0.15) is 24.4 Å². The molecule has 0 bridgehead atoms. The van der Waals surface area contributed by atoms with E-state index >= 15 is 0 Å². The van der Waals surface area contributed by atoms with E-state index in [1.165, 1.54) is 0 Å². The molecule has 2 aromatic rings. The van der Waals surface area contributed by atoms with Gasteiger partial charge in [0.1, 0.15) is 18.4 Å². The quantitative estimate of drug-likeness (QED) is 0.856. The molecule has 124 valence electrons. The number of amides is 2. The summed E-state index contributed by atoms with van der Waals surface area (Å²) in [5.41, 5.74) is 0.964. The van der Waals surface area contributed by atoms with E-state index in [4.69, 9.17) is 4.74 Å². The van der Waals surface area contributed by atoms with Crippen molar-refractivity contribution in [2.75, 3.05) is 6.61 Å². The SMILES string of the molecule is O=C1CC[C@H](C(=O)N[C@@H](COc2ccccc2)c2ccccc2)N1. The largest absolute Gasteiger partial charge is 0.491 e. The summed E-state index contributed by atoms with van der Waals surface area (Å²) in [6.45, 7) is 0.320. The van der Waals surface area contributed by atoms with Crippen molar-refractivity contribution in [3.05, 3.63) is 66.2 Å². The molecule has 5 nitrogen and oxygen atoms in total. The Labute approximate surface area is 141 Å². The molecule has 0 aromatic heterocycles. The monoisotopic (exact) mass is 324 g/mol. The normalized spacial score (nSPS) is 17.8. The van der Waals surface area contributed by atoms with Gasteiger partial charge >= 0.3 is 0 Å². The summed E-state index contributed by atoms with van der Waals surface area (Å²) in [6.07, 6.45) is 0.931. The second kappa shape index (κ2) is 7.64. The number of benzene rings is 2. The minimum Gasteiger partial charge on any atom is -0.491 e. The van der Waals surface area contributed by atoms with Crippen molar-refractivity contribution < 1.29 is 14.3 Å². The van der Waals surface area contributed by atoms with Crippen LogP contribution in [0.15, 0.2) is 60.7 Å². The minimum absolute atomic E-state index is 0.0769. The number of nitrogens with one attached hydrogen (secondary N) is 2. The summed E-state index contributed by atoms with van der Waals surface area (Å²) >= 11 is 0. The van der Waals surface area contributed by atoms with E-state index in [9.17, 15) is 9.59 Å². The molecule has 24 heavy (non-hydrogen) atoms. The molecule has 0 spiro atoms. The molecule has 2 atom stereocenters. The lowest BCUT2D eigenvalue weighted by Gasteiger charge is -2.21. The van der Waals surface area contributed by atoms with Crippen LogP contribution >= 0.6 is 0 Å². The third kappa shape index (κ3) is 4.13. The van der Waals surface area contributed by atoms with Crippen LogP contribution in [0.25, 0.3) is 0 Å². The second-order valence-corrected chi connectivity index (χ2v) is 5.75. The molecule has 2 aromatic carbocycles. The average molecular weight is 324 g/mol. The molecule has 1 aliphatic heterocycles. The van der Waals surface area contributed by atoms with Crippen molar-refractivity contribution in [2.24, 2.45) is 0 Å². The molecule has 0 aliphatic carbocycles. The van der Waals surface area contributed by atoms with E-state index in [0.717, 1.165) is 11.3 Å². The molecule has 2 amide bonds. The number of para-hydroxylation sites is 1. The van der Waals surface area contributed by atoms with E-state index in [1.807, 2.05) is 60.7 Å². The Morgan fingerprint density at radius 1 is 1.12 bits per heavy atom. The highest BCUT2D eigenvalue weighted by atomic mass is 16.5. The Hall–Kier alpha value is -2.82. The first-order valence-electron chi connectivity index (χ1n) is 8.05. The fourth-order valence-electron chi connectivity index (χ4n) is 2.69. The molecule has 1 fully saturated rings. The summed E-state index contributed by atoms with van der Waals surface area (Å²) in [4.78, 5) is 23.7. The van der Waals surface area contributed by atoms with Gasteiger partial charge in [0.05, 0.1) is 6.04 Å². The van der Waals surface area contributed by atoms with Gasteiger partial charge in [-0.3, -0.25) is 9.59 Å². The molecule has 1 heterocycles. The van der Waals surface area contributed by atoms with Crippen LogP contribution in [0.3, 0.4) is 0 Å². The zero-order valence-electron chi connectivity index (χ0n) is 13.3. The topological polar surface area (TPSA) is 67.4 Å². The van der Waals surface area contributed by atoms with Gasteiger partial charge in [0.15, 0.2) is 0 Å². The average Bonchev–Trinajstić information content (AvgIpc) is 3.06. The van der Waals surface area contributed by atoms with Gasteiger partial charge in [-0.15, -0.1) is 0 Å². The Bertz CT molecular complexity index is 688. The number of carbonyl (C=O) groups is 2. The van der Waals surface area contributed by atoms with E-state index in [0.29, 0.717) is 19.4 Å². The Kier molecular flexibility index (Phi) is 5.11. The number of ether oxygens (including phenoxy) is 1. The van der Waals surface area contributed by atoms with Crippen LogP contribution in [0.2, 0.25) is 0 Å². The Morgan fingerprint density at radius 2 is 1.79 bits per heavy atom. The summed E-state index contributed by atoms with van der Waals surface area (Å²) < 4.78 is 5.81. The Balaban J connectivity index is 1.68. The second-order valence-electron chi connectivity index (χ2n) is 5.75. The van der Waals surface area contributed by atoms with Gasteiger partial charge < -0.3 is 15.4 Å². The molecule has 1 aliphatic rings. The first-order chi connectivity index (χ1) is 11.7. The lowest BCUT2D eigenvalue weighted by atomic mass is 10.1. The standard InChI is InChI=1S/C19H20N2O3/c22-18-12-11-16(20-18)19(23)21-17(14-7-3-1-4-8-14)13-24-15-9-5-2-6-10-15/h1-10,16-17H,11-13H2,(H,20,22)(H,21,23)/t16-,17+/m1/s1. The first kappa shape index (κ1) is 16.1. The molecule has 0 saturated carbocycles. The van der Waals surface area contributed by atoms with Gasteiger partial charge in [-0.05, 0) is 24.1 Å². The van der Waals surface area contributed by atoms with Crippen molar-refractivity contribution >= 4 is 11.8 Å². The maximum atomic E-state index is 12.4. The summed E-state index contributed by atoms with van der Waals surface area (Å²) in [7, 11) is 0. The number of carbonyl (C=O) groups excluding carboxylic acids is 2. The molecule has 0 radical (unpaired) electrons. The van der Waals surface area contributed by atoms with Crippen LogP contribution in [-0.4, -0.2) is 24.5 Å². The predicted octanol–water partition coefficient (Wildman–Crippen LogP) is 2.20. The lowest BCUT2D eigenvalue weighted by molar-refractivity contribution is -0.126. The molecule has 2 N–H and O–H groups in total. The molecular weight excluding hydrogens is 304 g/mol. The van der Waals surface area contributed by atoms with E-state index < -0.39 is 6.04 Å². The van der Waals surface area contributed by atoms with Gasteiger partial charge in [0.2, 0.25) is 11.8 Å². The number of hydrogen-bond acceptors (Lipinski definition) is 3. The van der Waals surface area contributed by atoms with Crippen LogP contribution < -0.4 is 15.4 Å². The smallest absolute Gasteiger partial charge is 0.243 e. The van der Waals surface area contributed by atoms with Gasteiger partial charge in [-0.1, -0.05) is 48.5 Å². The fourth-order valence-corrected chi connectivity index (χ4v) is 2.69. The van der Waals surface area contributed by atoms with Gasteiger partial charge in [-0.25, -0.2) is 0 Å². The Morgan fingerprint density at radius 3 is 2.42 bits per heavy atom. The van der Waals surface area contributed by atoms with Crippen molar-refractivity contribution in [3.8, 4) is 5.75 Å². The highest BCUT2D eigenvalue weighted by molar-refractivity contribution is 5.90. The zero-order valence-corrected chi connectivity index (χ0v) is 13.3. The molecule has 1 saturated heterocycles. The number of hydrogen-bond donors (Lipinski definition) is 2. The van der Waals surface area contributed by atoms with Crippen molar-refractivity contribution in [3.63, 3.8) is 0 Å². The lowest BCUT2D eigenvalue weighted by Crippen LogP contribution is -2.44. The molecular formula is C19H20N2O3. The van der Waals surface area contributed by atoms with Gasteiger partial charge in [0, 0.05) is 6.42 Å².